The van der Waals surface area contributed by atoms with E-state index in [9.17, 15) is 18.7 Å². The highest BCUT2D eigenvalue weighted by molar-refractivity contribution is 7.17. The number of hydrogen-bond acceptors (Lipinski definition) is 7. The fourth-order valence-corrected chi connectivity index (χ4v) is 4.04. The van der Waals surface area contributed by atoms with Crippen molar-refractivity contribution in [3.05, 3.63) is 64.8 Å². The summed E-state index contributed by atoms with van der Waals surface area (Å²) in [6.07, 6.45) is 2.61. The van der Waals surface area contributed by atoms with Crippen molar-refractivity contribution in [1.82, 2.24) is 14.4 Å². The number of benzene rings is 1. The highest BCUT2D eigenvalue weighted by atomic mass is 32.1. The number of fused-ring (bicyclic) bond motifs is 1. The molecular weight excluding hydrogens is 442 g/mol. The van der Waals surface area contributed by atoms with Crippen molar-refractivity contribution >= 4 is 22.9 Å². The van der Waals surface area contributed by atoms with Crippen LogP contribution in [0.5, 0.6) is 11.6 Å². The van der Waals surface area contributed by atoms with E-state index in [-0.39, 0.29) is 23.1 Å². The standard InChI is InChI=1S/C21H18F2N4O4S/c1-11(13-6-5-12(10-28)8-15(13)31-21(22)23)30-19-17(18(24)29)32-20(26-19)14-9-25-16-4-2-3-7-27(14)16/h2-9,11,21,28H,10H2,1H3,(H2,24,29). The molecule has 0 spiro atoms. The van der Waals surface area contributed by atoms with Crippen molar-refractivity contribution < 1.29 is 28.2 Å². The van der Waals surface area contributed by atoms with E-state index in [1.54, 1.807) is 23.6 Å². The minimum atomic E-state index is -3.06. The Kier molecular flexibility index (Phi) is 6.01. The second kappa shape index (κ2) is 8.89. The smallest absolute Gasteiger partial charge is 0.387 e. The summed E-state index contributed by atoms with van der Waals surface area (Å²) in [5.41, 5.74) is 7.56. The van der Waals surface area contributed by atoms with Crippen LogP contribution in [-0.4, -0.2) is 32.0 Å². The van der Waals surface area contributed by atoms with Gasteiger partial charge in [0.15, 0.2) is 4.88 Å². The van der Waals surface area contributed by atoms with Crippen LogP contribution >= 0.6 is 11.3 Å². The number of ether oxygens (including phenoxy) is 2. The quantitative estimate of drug-likeness (QED) is 0.414. The molecule has 1 amide bonds. The Bertz CT molecular complexity index is 1270. The molecule has 0 aliphatic carbocycles. The van der Waals surface area contributed by atoms with E-state index < -0.39 is 18.6 Å². The van der Waals surface area contributed by atoms with Gasteiger partial charge in [-0.25, -0.2) is 4.98 Å². The number of alkyl halides is 2. The molecule has 0 bridgehead atoms. The van der Waals surface area contributed by atoms with Gasteiger partial charge in [-0.05, 0) is 30.7 Å². The molecule has 3 N–H and O–H groups in total. The maximum absolute atomic E-state index is 12.9. The van der Waals surface area contributed by atoms with E-state index >= 15 is 0 Å². The number of thiazole rings is 1. The molecule has 0 fully saturated rings. The van der Waals surface area contributed by atoms with Gasteiger partial charge in [0.2, 0.25) is 5.88 Å². The Morgan fingerprint density at radius 3 is 2.81 bits per heavy atom. The van der Waals surface area contributed by atoms with E-state index in [0.29, 0.717) is 27.5 Å². The van der Waals surface area contributed by atoms with Crippen molar-refractivity contribution in [1.29, 1.82) is 0 Å². The molecule has 11 heteroatoms. The second-order valence-electron chi connectivity index (χ2n) is 6.76. The number of nitrogens with zero attached hydrogens (tertiary/aromatic N) is 3. The zero-order valence-corrected chi connectivity index (χ0v) is 17.6. The van der Waals surface area contributed by atoms with Gasteiger partial charge in [-0.3, -0.25) is 9.20 Å². The fraction of sp³-hybridized carbons (Fsp3) is 0.190. The molecule has 32 heavy (non-hydrogen) atoms. The topological polar surface area (TPSA) is 112 Å². The minimum absolute atomic E-state index is 0.0230. The molecule has 3 aromatic heterocycles. The molecular formula is C21H18F2N4O4S. The molecule has 0 saturated carbocycles. The number of rotatable bonds is 8. The van der Waals surface area contributed by atoms with Gasteiger partial charge in [0.05, 0.1) is 12.8 Å². The average Bonchev–Trinajstić information content (AvgIpc) is 3.37. The van der Waals surface area contributed by atoms with Gasteiger partial charge >= 0.3 is 6.61 Å². The van der Waals surface area contributed by atoms with E-state index in [4.69, 9.17) is 10.5 Å². The summed E-state index contributed by atoms with van der Waals surface area (Å²) < 4.78 is 38.0. The van der Waals surface area contributed by atoms with E-state index in [2.05, 4.69) is 14.7 Å². The number of carbonyl (C=O) groups is 1. The number of aromatic nitrogens is 3. The third-order valence-electron chi connectivity index (χ3n) is 4.66. The van der Waals surface area contributed by atoms with Crippen LogP contribution in [0.4, 0.5) is 8.78 Å². The first kappa shape index (κ1) is 21.7. The van der Waals surface area contributed by atoms with Crippen LogP contribution in [-0.2, 0) is 6.61 Å². The number of nitrogens with two attached hydrogens (primary N) is 1. The summed E-state index contributed by atoms with van der Waals surface area (Å²) in [4.78, 5) is 20.8. The zero-order chi connectivity index (χ0) is 22.8. The number of pyridine rings is 1. The van der Waals surface area contributed by atoms with Crippen molar-refractivity contribution in [3.8, 4) is 22.3 Å². The normalized spacial score (nSPS) is 12.3. The largest absolute Gasteiger partial charge is 0.468 e. The fourth-order valence-electron chi connectivity index (χ4n) is 3.18. The molecule has 1 atom stereocenters. The van der Waals surface area contributed by atoms with Crippen LogP contribution in [0.15, 0.2) is 48.8 Å². The average molecular weight is 460 g/mol. The molecule has 1 aromatic carbocycles. The van der Waals surface area contributed by atoms with Crippen LogP contribution in [0.25, 0.3) is 16.3 Å². The first-order valence-electron chi connectivity index (χ1n) is 9.45. The third kappa shape index (κ3) is 4.25. The van der Waals surface area contributed by atoms with Crippen molar-refractivity contribution in [2.24, 2.45) is 5.73 Å². The molecule has 4 rings (SSSR count). The molecule has 3 heterocycles. The minimum Gasteiger partial charge on any atom is -0.468 e. The summed E-state index contributed by atoms with van der Waals surface area (Å²) in [6, 6.07) is 9.89. The number of aliphatic hydroxyl groups excluding tert-OH is 1. The van der Waals surface area contributed by atoms with Gasteiger partial charge in [-0.15, -0.1) is 11.3 Å². The number of aliphatic hydroxyl groups is 1. The Morgan fingerprint density at radius 1 is 1.28 bits per heavy atom. The lowest BCUT2D eigenvalue weighted by Gasteiger charge is -2.18. The Morgan fingerprint density at radius 2 is 2.09 bits per heavy atom. The van der Waals surface area contributed by atoms with Gasteiger partial charge < -0.3 is 20.3 Å². The molecule has 0 saturated heterocycles. The molecule has 0 radical (unpaired) electrons. The number of imidazole rings is 1. The maximum atomic E-state index is 12.9. The predicted octanol–water partition coefficient (Wildman–Crippen LogP) is 3.79. The van der Waals surface area contributed by atoms with Gasteiger partial charge in [-0.1, -0.05) is 18.2 Å². The number of amides is 1. The van der Waals surface area contributed by atoms with Crippen LogP contribution in [0.1, 0.15) is 33.8 Å². The van der Waals surface area contributed by atoms with Gasteiger partial charge in [0.25, 0.3) is 5.91 Å². The summed E-state index contributed by atoms with van der Waals surface area (Å²) >= 11 is 1.04. The van der Waals surface area contributed by atoms with Crippen LogP contribution < -0.4 is 15.2 Å². The van der Waals surface area contributed by atoms with Gasteiger partial charge in [0, 0.05) is 11.8 Å². The lowest BCUT2D eigenvalue weighted by atomic mass is 10.1. The predicted molar refractivity (Wildman–Crippen MR) is 113 cm³/mol. The van der Waals surface area contributed by atoms with Gasteiger partial charge in [0.1, 0.15) is 28.2 Å². The second-order valence-corrected chi connectivity index (χ2v) is 7.76. The summed E-state index contributed by atoms with van der Waals surface area (Å²) in [5, 5.41) is 9.74. The number of hydrogen-bond donors (Lipinski definition) is 2. The Labute approximate surface area is 184 Å². The Balaban J connectivity index is 1.69. The highest BCUT2D eigenvalue weighted by Gasteiger charge is 2.24. The summed E-state index contributed by atoms with van der Waals surface area (Å²) in [7, 11) is 0. The zero-order valence-electron chi connectivity index (χ0n) is 16.7. The van der Waals surface area contributed by atoms with E-state index in [1.807, 2.05) is 24.4 Å². The third-order valence-corrected chi connectivity index (χ3v) is 5.73. The number of carbonyl (C=O) groups excluding carboxylic acids is 1. The van der Waals surface area contributed by atoms with Crippen LogP contribution in [0.3, 0.4) is 0 Å². The molecule has 4 aromatic rings. The lowest BCUT2D eigenvalue weighted by Crippen LogP contribution is -2.14. The maximum Gasteiger partial charge on any atom is 0.387 e. The number of halogens is 2. The molecule has 0 aliphatic rings. The number of primary amides is 1. The monoisotopic (exact) mass is 460 g/mol. The van der Waals surface area contributed by atoms with E-state index in [1.165, 1.54) is 12.1 Å². The molecule has 8 nitrogen and oxygen atoms in total. The van der Waals surface area contributed by atoms with Crippen molar-refractivity contribution in [3.63, 3.8) is 0 Å². The molecule has 0 aliphatic heterocycles. The Hall–Kier alpha value is -3.57. The SMILES string of the molecule is CC(Oc1nc(-c2cnc3ccccn23)sc1C(N)=O)c1ccc(CO)cc1OC(F)F. The van der Waals surface area contributed by atoms with E-state index in [0.717, 1.165) is 11.3 Å². The van der Waals surface area contributed by atoms with Crippen LogP contribution in [0, 0.1) is 0 Å². The lowest BCUT2D eigenvalue weighted by molar-refractivity contribution is -0.0513. The van der Waals surface area contributed by atoms with Crippen molar-refractivity contribution in [2.45, 2.75) is 26.2 Å². The van der Waals surface area contributed by atoms with Crippen LogP contribution in [0.2, 0.25) is 0 Å². The molecule has 1 unspecified atom stereocenters. The van der Waals surface area contributed by atoms with Gasteiger partial charge in [-0.2, -0.15) is 13.8 Å². The molecule has 166 valence electrons. The summed E-state index contributed by atoms with van der Waals surface area (Å²) in [6.45, 7) is -1.79. The summed E-state index contributed by atoms with van der Waals surface area (Å²) in [5.74, 6) is -0.897. The highest BCUT2D eigenvalue weighted by Crippen LogP contribution is 2.37. The van der Waals surface area contributed by atoms with Crippen molar-refractivity contribution in [2.75, 3.05) is 0 Å². The first-order chi connectivity index (χ1) is 15.4. The first-order valence-corrected chi connectivity index (χ1v) is 10.3.